The van der Waals surface area contributed by atoms with Crippen molar-refractivity contribution in [3.8, 4) is 0 Å². The molecule has 1 aromatic carbocycles. The van der Waals surface area contributed by atoms with Crippen LogP contribution < -0.4 is 16.2 Å². The molecule has 0 fully saturated rings. The molecule has 92 valence electrons. The molecule has 3 aliphatic rings. The van der Waals surface area contributed by atoms with Gasteiger partial charge in [0.15, 0.2) is 0 Å². The normalized spacial score (nSPS) is 19.1. The Morgan fingerprint density at radius 3 is 2.47 bits per heavy atom. The Labute approximate surface area is 111 Å². The van der Waals surface area contributed by atoms with Gasteiger partial charge in [-0.2, -0.15) is 0 Å². The molecule has 0 unspecified atom stereocenters. The molecule has 0 saturated heterocycles. The van der Waals surface area contributed by atoms with E-state index in [1.807, 2.05) is 47.8 Å². The van der Waals surface area contributed by atoms with Crippen LogP contribution in [0, 0.1) is 0 Å². The summed E-state index contributed by atoms with van der Waals surface area (Å²) < 4.78 is 0. The monoisotopic (exact) mass is 247 g/mol. The molecule has 0 atom stereocenters. The van der Waals surface area contributed by atoms with E-state index < -0.39 is 0 Å². The second-order valence-corrected chi connectivity index (χ2v) is 4.71. The summed E-state index contributed by atoms with van der Waals surface area (Å²) in [5.41, 5.74) is 9.24. The van der Waals surface area contributed by atoms with Crippen molar-refractivity contribution in [3.05, 3.63) is 82.4 Å². The molecule has 0 spiro atoms. The molecule has 0 bridgehead atoms. The lowest BCUT2D eigenvalue weighted by Crippen LogP contribution is -2.28. The van der Waals surface area contributed by atoms with Gasteiger partial charge in [0, 0.05) is 24.2 Å². The number of benzene rings is 1. The van der Waals surface area contributed by atoms with Gasteiger partial charge in [0.1, 0.15) is 0 Å². The Kier molecular flexibility index (Phi) is 1.97. The van der Waals surface area contributed by atoms with Gasteiger partial charge in [0.05, 0.1) is 11.4 Å². The van der Waals surface area contributed by atoms with Gasteiger partial charge in [-0.3, -0.25) is 10.0 Å². The molecule has 19 heavy (non-hydrogen) atoms. The first kappa shape index (κ1) is 10.3. The SMILES string of the molecule is NC1=C2C(=CN3C=CC=CN23)C=c2ccccc2=C1. The van der Waals surface area contributed by atoms with E-state index in [4.69, 9.17) is 5.73 Å². The second kappa shape index (κ2) is 3.65. The highest BCUT2D eigenvalue weighted by atomic mass is 15.6. The van der Waals surface area contributed by atoms with Crippen LogP contribution in [0.4, 0.5) is 0 Å². The van der Waals surface area contributed by atoms with Gasteiger partial charge >= 0.3 is 0 Å². The Morgan fingerprint density at radius 1 is 0.895 bits per heavy atom. The fraction of sp³-hybridized carbons (Fsp3) is 0. The lowest BCUT2D eigenvalue weighted by Gasteiger charge is -2.28. The lowest BCUT2D eigenvalue weighted by atomic mass is 10.1. The quantitative estimate of drug-likeness (QED) is 0.739. The van der Waals surface area contributed by atoms with E-state index in [9.17, 15) is 0 Å². The minimum absolute atomic E-state index is 0.787. The van der Waals surface area contributed by atoms with Crippen LogP contribution in [-0.4, -0.2) is 10.0 Å². The molecule has 0 radical (unpaired) electrons. The van der Waals surface area contributed by atoms with Crippen LogP contribution in [0.25, 0.3) is 12.2 Å². The molecule has 2 N–H and O–H groups in total. The molecule has 0 amide bonds. The number of hydrogen-bond donors (Lipinski definition) is 1. The van der Waals surface area contributed by atoms with Crippen LogP contribution in [0.15, 0.2) is 72.0 Å². The number of rotatable bonds is 0. The molecule has 2 aliphatic heterocycles. The van der Waals surface area contributed by atoms with Crippen molar-refractivity contribution < 1.29 is 0 Å². The second-order valence-electron chi connectivity index (χ2n) is 4.71. The van der Waals surface area contributed by atoms with Crippen LogP contribution in [0.1, 0.15) is 0 Å². The molecule has 2 heterocycles. The minimum atomic E-state index is 0.787. The largest absolute Gasteiger partial charge is 0.397 e. The van der Waals surface area contributed by atoms with Gasteiger partial charge in [-0.25, -0.2) is 0 Å². The first-order valence-electron chi connectivity index (χ1n) is 6.26. The zero-order chi connectivity index (χ0) is 12.8. The summed E-state index contributed by atoms with van der Waals surface area (Å²) in [6.07, 6.45) is 14.4. The first-order valence-corrected chi connectivity index (χ1v) is 6.26. The highest BCUT2D eigenvalue weighted by molar-refractivity contribution is 5.68. The van der Waals surface area contributed by atoms with Crippen LogP contribution in [-0.2, 0) is 0 Å². The molecule has 0 saturated carbocycles. The van der Waals surface area contributed by atoms with E-state index in [0.717, 1.165) is 22.2 Å². The van der Waals surface area contributed by atoms with Crippen molar-refractivity contribution in [2.24, 2.45) is 5.73 Å². The van der Waals surface area contributed by atoms with E-state index in [1.165, 1.54) is 5.22 Å². The highest BCUT2D eigenvalue weighted by Crippen LogP contribution is 2.31. The van der Waals surface area contributed by atoms with Gasteiger partial charge in [0.25, 0.3) is 0 Å². The minimum Gasteiger partial charge on any atom is -0.397 e. The van der Waals surface area contributed by atoms with E-state index in [-0.39, 0.29) is 0 Å². The van der Waals surface area contributed by atoms with Crippen molar-refractivity contribution in [3.63, 3.8) is 0 Å². The lowest BCUT2D eigenvalue weighted by molar-refractivity contribution is 0.203. The Bertz CT molecular complexity index is 794. The number of hydrogen-bond acceptors (Lipinski definition) is 3. The van der Waals surface area contributed by atoms with E-state index in [2.05, 4.69) is 29.4 Å². The van der Waals surface area contributed by atoms with Crippen molar-refractivity contribution >= 4 is 12.2 Å². The first-order chi connectivity index (χ1) is 9.33. The average molecular weight is 247 g/mol. The summed E-state index contributed by atoms with van der Waals surface area (Å²) in [4.78, 5) is 0. The molecule has 3 heteroatoms. The average Bonchev–Trinajstić information content (AvgIpc) is 2.72. The topological polar surface area (TPSA) is 32.5 Å². The predicted molar refractivity (Wildman–Crippen MR) is 75.9 cm³/mol. The van der Waals surface area contributed by atoms with Crippen molar-refractivity contribution in [1.29, 1.82) is 0 Å². The summed E-state index contributed by atoms with van der Waals surface area (Å²) in [5, 5.41) is 6.45. The number of allylic oxidation sites excluding steroid dienone is 4. The third-order valence-electron chi connectivity index (χ3n) is 3.49. The summed E-state index contributed by atoms with van der Waals surface area (Å²) in [6.45, 7) is 0. The Morgan fingerprint density at radius 2 is 1.63 bits per heavy atom. The molecule has 0 aromatic heterocycles. The van der Waals surface area contributed by atoms with E-state index in [0.29, 0.717) is 0 Å². The number of fused-ring (bicyclic) bond motifs is 4. The maximum Gasteiger partial charge on any atom is 0.0946 e. The van der Waals surface area contributed by atoms with Crippen LogP contribution in [0.2, 0.25) is 0 Å². The van der Waals surface area contributed by atoms with Crippen LogP contribution in [0.5, 0.6) is 0 Å². The third-order valence-corrected chi connectivity index (χ3v) is 3.49. The Hall–Kier alpha value is -2.68. The van der Waals surface area contributed by atoms with Crippen molar-refractivity contribution in [1.82, 2.24) is 10.0 Å². The maximum absolute atomic E-state index is 6.28. The van der Waals surface area contributed by atoms with Gasteiger partial charge < -0.3 is 5.73 Å². The van der Waals surface area contributed by atoms with Gasteiger partial charge in [0.2, 0.25) is 0 Å². The van der Waals surface area contributed by atoms with Crippen molar-refractivity contribution in [2.45, 2.75) is 0 Å². The zero-order valence-corrected chi connectivity index (χ0v) is 10.3. The van der Waals surface area contributed by atoms with Gasteiger partial charge in [-0.1, -0.05) is 24.3 Å². The van der Waals surface area contributed by atoms with Crippen molar-refractivity contribution in [2.75, 3.05) is 0 Å². The molecule has 4 rings (SSSR count). The number of hydrazine groups is 1. The van der Waals surface area contributed by atoms with Gasteiger partial charge in [-0.15, -0.1) is 0 Å². The number of nitrogens with zero attached hydrogens (tertiary/aromatic N) is 2. The number of nitrogens with two attached hydrogens (primary N) is 1. The summed E-state index contributed by atoms with van der Waals surface area (Å²) in [5.74, 6) is 0. The predicted octanol–water partition coefficient (Wildman–Crippen LogP) is 0.889. The smallest absolute Gasteiger partial charge is 0.0946 e. The van der Waals surface area contributed by atoms with Gasteiger partial charge in [-0.05, 0) is 34.7 Å². The molecular formula is C16H13N3. The molecule has 3 nitrogen and oxygen atoms in total. The summed E-state index contributed by atoms with van der Waals surface area (Å²) in [6, 6.07) is 8.28. The molecule has 1 aromatic rings. The van der Waals surface area contributed by atoms with E-state index >= 15 is 0 Å². The maximum atomic E-state index is 6.28. The zero-order valence-electron chi connectivity index (χ0n) is 10.3. The standard InChI is InChI=1S/C16H13N3/c17-15-10-13-6-2-1-5-12(13)9-14-11-18-7-3-4-8-19(18)16(14)15/h1-11H,17H2. The fourth-order valence-corrected chi connectivity index (χ4v) is 2.63. The summed E-state index contributed by atoms with van der Waals surface area (Å²) >= 11 is 0. The Balaban J connectivity index is 2.01. The summed E-state index contributed by atoms with van der Waals surface area (Å²) in [7, 11) is 0. The molecule has 1 aliphatic carbocycles. The highest BCUT2D eigenvalue weighted by Gasteiger charge is 2.26. The molecular weight excluding hydrogens is 234 g/mol. The third kappa shape index (κ3) is 1.45. The van der Waals surface area contributed by atoms with E-state index in [1.54, 1.807) is 0 Å². The fourth-order valence-electron chi connectivity index (χ4n) is 2.63. The van der Waals surface area contributed by atoms with Crippen LogP contribution >= 0.6 is 0 Å². The van der Waals surface area contributed by atoms with Crippen LogP contribution in [0.3, 0.4) is 0 Å².